The van der Waals surface area contributed by atoms with Crippen molar-refractivity contribution in [1.29, 1.82) is 0 Å². The van der Waals surface area contributed by atoms with Gasteiger partial charge in [-0.05, 0) is 26.3 Å². The number of nitrogens with one attached hydrogen (secondary N) is 1. The standard InChI is InChI=1S/C13H20F3N3O2/c1-3-5-9(20-4-2)10-18-11(21-19-10)12(13(14,15)16)6-7-17-8-12/h9,17H,3-8H2,1-2H3. The highest BCUT2D eigenvalue weighted by Gasteiger charge is 2.61. The Morgan fingerprint density at radius 2 is 2.19 bits per heavy atom. The minimum atomic E-state index is -4.42. The summed E-state index contributed by atoms with van der Waals surface area (Å²) in [5, 5.41) is 6.45. The number of aromatic nitrogens is 2. The van der Waals surface area contributed by atoms with E-state index in [4.69, 9.17) is 9.26 Å². The summed E-state index contributed by atoms with van der Waals surface area (Å²) in [6, 6.07) is 0. The summed E-state index contributed by atoms with van der Waals surface area (Å²) < 4.78 is 50.7. The normalized spacial score (nSPS) is 24.4. The number of nitrogens with zero attached hydrogens (tertiary/aromatic N) is 2. The Morgan fingerprint density at radius 3 is 2.71 bits per heavy atom. The lowest BCUT2D eigenvalue weighted by molar-refractivity contribution is -0.191. The third kappa shape index (κ3) is 3.06. The van der Waals surface area contributed by atoms with Gasteiger partial charge in [-0.2, -0.15) is 18.2 Å². The molecule has 0 amide bonds. The first kappa shape index (κ1) is 16.2. The maximum atomic E-state index is 13.4. The quantitative estimate of drug-likeness (QED) is 0.875. The molecule has 2 unspecified atom stereocenters. The summed E-state index contributed by atoms with van der Waals surface area (Å²) in [6.45, 7) is 4.28. The van der Waals surface area contributed by atoms with Gasteiger partial charge >= 0.3 is 6.18 Å². The van der Waals surface area contributed by atoms with Crippen LogP contribution in [0.3, 0.4) is 0 Å². The third-order valence-corrected chi connectivity index (χ3v) is 3.76. The van der Waals surface area contributed by atoms with Crippen molar-refractivity contribution < 1.29 is 22.4 Å². The van der Waals surface area contributed by atoms with E-state index in [1.54, 1.807) is 0 Å². The van der Waals surface area contributed by atoms with E-state index in [2.05, 4.69) is 15.5 Å². The molecular weight excluding hydrogens is 287 g/mol. The van der Waals surface area contributed by atoms with Gasteiger partial charge < -0.3 is 14.6 Å². The van der Waals surface area contributed by atoms with Gasteiger partial charge in [0.2, 0.25) is 11.7 Å². The highest BCUT2D eigenvalue weighted by atomic mass is 19.4. The lowest BCUT2D eigenvalue weighted by atomic mass is 9.86. The Labute approximate surface area is 121 Å². The molecule has 8 heteroatoms. The molecule has 0 aliphatic carbocycles. The summed E-state index contributed by atoms with van der Waals surface area (Å²) >= 11 is 0. The first-order valence-corrected chi connectivity index (χ1v) is 7.17. The van der Waals surface area contributed by atoms with E-state index in [9.17, 15) is 13.2 Å². The van der Waals surface area contributed by atoms with Crippen molar-refractivity contribution in [2.24, 2.45) is 0 Å². The largest absolute Gasteiger partial charge is 0.404 e. The minimum Gasteiger partial charge on any atom is -0.370 e. The van der Waals surface area contributed by atoms with Crippen LogP contribution in [-0.2, 0) is 10.2 Å². The molecule has 1 saturated heterocycles. The number of rotatable bonds is 6. The van der Waals surface area contributed by atoms with Gasteiger partial charge in [0.15, 0.2) is 5.41 Å². The number of hydrogen-bond donors (Lipinski definition) is 1. The molecule has 0 aromatic carbocycles. The first-order chi connectivity index (χ1) is 9.94. The summed E-state index contributed by atoms with van der Waals surface area (Å²) in [7, 11) is 0. The van der Waals surface area contributed by atoms with Gasteiger partial charge in [-0.15, -0.1) is 0 Å². The highest BCUT2D eigenvalue weighted by molar-refractivity contribution is 5.15. The van der Waals surface area contributed by atoms with E-state index in [1.807, 2.05) is 13.8 Å². The van der Waals surface area contributed by atoms with Crippen molar-refractivity contribution in [2.75, 3.05) is 19.7 Å². The van der Waals surface area contributed by atoms with Gasteiger partial charge in [-0.1, -0.05) is 18.5 Å². The van der Waals surface area contributed by atoms with E-state index < -0.39 is 17.7 Å². The average Bonchev–Trinajstić information content (AvgIpc) is 3.07. The lowest BCUT2D eigenvalue weighted by Crippen LogP contribution is -2.44. The number of ether oxygens (including phenoxy) is 1. The summed E-state index contributed by atoms with van der Waals surface area (Å²) in [5.74, 6) is -0.167. The van der Waals surface area contributed by atoms with E-state index >= 15 is 0 Å². The zero-order chi connectivity index (χ0) is 15.5. The molecule has 2 heterocycles. The van der Waals surface area contributed by atoms with Crippen LogP contribution in [0.1, 0.15) is 50.9 Å². The van der Waals surface area contributed by atoms with Crippen LogP contribution in [0.2, 0.25) is 0 Å². The molecule has 0 spiro atoms. The molecule has 120 valence electrons. The Balaban J connectivity index is 2.29. The predicted octanol–water partition coefficient (Wildman–Crippen LogP) is 2.74. The van der Waals surface area contributed by atoms with Crippen LogP contribution in [0, 0.1) is 0 Å². The zero-order valence-electron chi connectivity index (χ0n) is 12.2. The smallest absolute Gasteiger partial charge is 0.370 e. The predicted molar refractivity (Wildman–Crippen MR) is 68.8 cm³/mol. The van der Waals surface area contributed by atoms with E-state index in [-0.39, 0.29) is 31.2 Å². The fraction of sp³-hybridized carbons (Fsp3) is 0.846. The fourth-order valence-corrected chi connectivity index (χ4v) is 2.55. The molecule has 5 nitrogen and oxygen atoms in total. The minimum absolute atomic E-state index is 0.0921. The lowest BCUT2D eigenvalue weighted by Gasteiger charge is -2.26. The third-order valence-electron chi connectivity index (χ3n) is 3.76. The number of halogens is 3. The summed E-state index contributed by atoms with van der Waals surface area (Å²) in [6.07, 6.45) is -3.47. The maximum absolute atomic E-state index is 13.4. The molecule has 1 aliphatic heterocycles. The Kier molecular flexibility index (Phi) is 4.88. The topological polar surface area (TPSA) is 60.2 Å². The molecule has 1 aliphatic rings. The van der Waals surface area contributed by atoms with Crippen LogP contribution in [0.25, 0.3) is 0 Å². The van der Waals surface area contributed by atoms with Crippen LogP contribution < -0.4 is 5.32 Å². The molecule has 21 heavy (non-hydrogen) atoms. The van der Waals surface area contributed by atoms with Crippen LogP contribution in [-0.4, -0.2) is 36.0 Å². The number of hydrogen-bond acceptors (Lipinski definition) is 5. The SMILES string of the molecule is CCCC(OCC)c1noc(C2(C(F)(F)F)CCNC2)n1. The van der Waals surface area contributed by atoms with Crippen molar-refractivity contribution in [1.82, 2.24) is 15.5 Å². The summed E-state index contributed by atoms with van der Waals surface area (Å²) in [5.41, 5.74) is -2.08. The molecule has 0 radical (unpaired) electrons. The molecule has 0 bridgehead atoms. The molecule has 1 fully saturated rings. The van der Waals surface area contributed by atoms with Crippen LogP contribution in [0.4, 0.5) is 13.2 Å². The average molecular weight is 307 g/mol. The van der Waals surface area contributed by atoms with E-state index in [0.717, 1.165) is 6.42 Å². The van der Waals surface area contributed by atoms with Gasteiger partial charge in [0.1, 0.15) is 6.10 Å². The molecule has 2 rings (SSSR count). The van der Waals surface area contributed by atoms with Gasteiger partial charge in [0.25, 0.3) is 0 Å². The Morgan fingerprint density at radius 1 is 1.43 bits per heavy atom. The van der Waals surface area contributed by atoms with Crippen LogP contribution >= 0.6 is 0 Å². The Hall–Kier alpha value is -1.15. The number of alkyl halides is 3. The Bertz CT molecular complexity index is 450. The van der Waals surface area contributed by atoms with Crippen molar-refractivity contribution in [3.8, 4) is 0 Å². The van der Waals surface area contributed by atoms with Crippen molar-refractivity contribution in [2.45, 2.75) is 50.8 Å². The fourth-order valence-electron chi connectivity index (χ4n) is 2.55. The van der Waals surface area contributed by atoms with Crippen LogP contribution in [0.5, 0.6) is 0 Å². The molecule has 1 aromatic heterocycles. The first-order valence-electron chi connectivity index (χ1n) is 7.17. The second-order valence-corrected chi connectivity index (χ2v) is 5.20. The maximum Gasteiger partial charge on any atom is 0.404 e. The van der Waals surface area contributed by atoms with Crippen LogP contribution in [0.15, 0.2) is 4.52 Å². The molecule has 1 N–H and O–H groups in total. The van der Waals surface area contributed by atoms with E-state index in [0.29, 0.717) is 13.0 Å². The molecular formula is C13H20F3N3O2. The van der Waals surface area contributed by atoms with Gasteiger partial charge in [-0.25, -0.2) is 0 Å². The van der Waals surface area contributed by atoms with Gasteiger partial charge in [0.05, 0.1) is 0 Å². The van der Waals surface area contributed by atoms with Gasteiger partial charge in [-0.3, -0.25) is 0 Å². The monoisotopic (exact) mass is 307 g/mol. The van der Waals surface area contributed by atoms with Crippen molar-refractivity contribution in [3.05, 3.63) is 11.7 Å². The second kappa shape index (κ2) is 6.31. The van der Waals surface area contributed by atoms with Crippen molar-refractivity contribution in [3.63, 3.8) is 0 Å². The van der Waals surface area contributed by atoms with Crippen molar-refractivity contribution >= 4 is 0 Å². The molecule has 0 saturated carbocycles. The van der Waals surface area contributed by atoms with Gasteiger partial charge in [0, 0.05) is 13.2 Å². The summed E-state index contributed by atoms with van der Waals surface area (Å²) in [4.78, 5) is 4.01. The zero-order valence-corrected chi connectivity index (χ0v) is 12.2. The molecule has 1 aromatic rings. The van der Waals surface area contributed by atoms with E-state index in [1.165, 1.54) is 0 Å². The molecule has 2 atom stereocenters. The highest BCUT2D eigenvalue weighted by Crippen LogP contribution is 2.44. The second-order valence-electron chi connectivity index (χ2n) is 5.20.